The van der Waals surface area contributed by atoms with Crippen LogP contribution < -0.4 is 10.6 Å². The molecule has 2 rings (SSSR count). The zero-order valence-corrected chi connectivity index (χ0v) is 13.1. The second kappa shape index (κ2) is 7.92. The van der Waals surface area contributed by atoms with Gasteiger partial charge < -0.3 is 15.7 Å². The molecule has 2 amide bonds. The van der Waals surface area contributed by atoms with E-state index in [1.807, 2.05) is 0 Å². The number of nitro groups is 1. The molecule has 7 nitrogen and oxygen atoms in total. The molecule has 0 bridgehead atoms. The van der Waals surface area contributed by atoms with Gasteiger partial charge in [0.05, 0.1) is 10.5 Å². The fraction of sp³-hybridized carbons (Fsp3) is 0.562. The van der Waals surface area contributed by atoms with Gasteiger partial charge in [-0.3, -0.25) is 10.1 Å². The largest absolute Gasteiger partial charge is 0.388 e. The summed E-state index contributed by atoms with van der Waals surface area (Å²) in [6.07, 6.45) is 5.06. The third-order valence-electron chi connectivity index (χ3n) is 4.19. The van der Waals surface area contributed by atoms with Crippen molar-refractivity contribution < 1.29 is 14.8 Å². The first-order valence-electron chi connectivity index (χ1n) is 7.96. The Morgan fingerprint density at radius 2 is 1.91 bits per heavy atom. The lowest BCUT2D eigenvalue weighted by atomic mass is 9.80. The molecule has 1 aliphatic carbocycles. The van der Waals surface area contributed by atoms with Crippen molar-refractivity contribution in [3.05, 3.63) is 39.9 Å². The zero-order chi connectivity index (χ0) is 16.7. The van der Waals surface area contributed by atoms with E-state index >= 15 is 0 Å². The number of carbonyl (C=O) groups excluding carboxylic acids is 1. The van der Waals surface area contributed by atoms with Gasteiger partial charge in [-0.25, -0.2) is 4.79 Å². The van der Waals surface area contributed by atoms with Gasteiger partial charge in [-0.2, -0.15) is 0 Å². The van der Waals surface area contributed by atoms with Gasteiger partial charge in [-0.1, -0.05) is 12.1 Å². The van der Waals surface area contributed by atoms with E-state index in [4.69, 9.17) is 0 Å². The predicted molar refractivity (Wildman–Crippen MR) is 86.2 cm³/mol. The molecule has 3 N–H and O–H groups in total. The fourth-order valence-electron chi connectivity index (χ4n) is 2.51. The number of aryl methyl sites for hydroxylation is 1. The van der Waals surface area contributed by atoms with Crippen molar-refractivity contribution in [3.63, 3.8) is 0 Å². The average Bonchev–Trinajstić information content (AvgIpc) is 2.51. The van der Waals surface area contributed by atoms with E-state index in [0.717, 1.165) is 44.1 Å². The van der Waals surface area contributed by atoms with E-state index in [0.29, 0.717) is 13.1 Å². The highest BCUT2D eigenvalue weighted by Gasteiger charge is 2.34. The Bertz CT molecular complexity index is 541. The summed E-state index contributed by atoms with van der Waals surface area (Å²) in [5.41, 5.74) is 0.445. The highest BCUT2D eigenvalue weighted by molar-refractivity contribution is 5.73. The molecule has 1 aliphatic rings. The van der Waals surface area contributed by atoms with Crippen LogP contribution in [0.2, 0.25) is 0 Å². The first-order valence-corrected chi connectivity index (χ1v) is 7.96. The Morgan fingerprint density at radius 3 is 2.48 bits per heavy atom. The summed E-state index contributed by atoms with van der Waals surface area (Å²) >= 11 is 0. The average molecular weight is 321 g/mol. The Balaban J connectivity index is 1.54. The number of aliphatic hydroxyl groups is 1. The lowest BCUT2D eigenvalue weighted by molar-refractivity contribution is -0.384. The van der Waals surface area contributed by atoms with Crippen LogP contribution in [-0.2, 0) is 6.42 Å². The maximum Gasteiger partial charge on any atom is 0.314 e. The van der Waals surface area contributed by atoms with Crippen molar-refractivity contribution in [2.75, 3.05) is 13.1 Å². The molecule has 126 valence electrons. The SMILES string of the molecule is O=C(NCCCCc1ccc([N+](=O)[O-])cc1)NCC1(O)CCC1. The topological polar surface area (TPSA) is 104 Å². The number of unbranched alkanes of at least 4 members (excludes halogenated alkanes) is 1. The van der Waals surface area contributed by atoms with Crippen LogP contribution >= 0.6 is 0 Å². The molecule has 23 heavy (non-hydrogen) atoms. The molecule has 1 aromatic carbocycles. The number of nitrogens with one attached hydrogen (secondary N) is 2. The molecule has 0 unspecified atom stereocenters. The Labute approximate surface area is 135 Å². The molecule has 7 heteroatoms. The van der Waals surface area contributed by atoms with E-state index in [-0.39, 0.29) is 11.7 Å². The number of rotatable bonds is 8. The summed E-state index contributed by atoms with van der Waals surface area (Å²) < 4.78 is 0. The lowest BCUT2D eigenvalue weighted by Gasteiger charge is -2.36. The molecular weight excluding hydrogens is 298 g/mol. The molecule has 0 aliphatic heterocycles. The molecule has 0 radical (unpaired) electrons. The van der Waals surface area contributed by atoms with Crippen LogP contribution in [0.25, 0.3) is 0 Å². The maximum atomic E-state index is 11.6. The molecule has 0 aromatic heterocycles. The van der Waals surface area contributed by atoms with Gasteiger partial charge in [0.15, 0.2) is 0 Å². The molecule has 0 atom stereocenters. The third-order valence-corrected chi connectivity index (χ3v) is 4.19. The van der Waals surface area contributed by atoms with Gasteiger partial charge in [-0.15, -0.1) is 0 Å². The Morgan fingerprint density at radius 1 is 1.22 bits per heavy atom. The van der Waals surface area contributed by atoms with E-state index in [2.05, 4.69) is 10.6 Å². The number of hydrogen-bond donors (Lipinski definition) is 3. The van der Waals surface area contributed by atoms with Crippen molar-refractivity contribution in [2.24, 2.45) is 0 Å². The maximum absolute atomic E-state index is 11.6. The van der Waals surface area contributed by atoms with Crippen molar-refractivity contribution in [2.45, 2.75) is 44.1 Å². The van der Waals surface area contributed by atoms with Crippen molar-refractivity contribution in [3.8, 4) is 0 Å². The molecule has 1 saturated carbocycles. The smallest absolute Gasteiger partial charge is 0.314 e. The number of urea groups is 1. The van der Waals surface area contributed by atoms with Gasteiger partial charge in [0.25, 0.3) is 5.69 Å². The van der Waals surface area contributed by atoms with E-state index in [9.17, 15) is 20.0 Å². The molecule has 0 heterocycles. The minimum atomic E-state index is -0.701. The zero-order valence-electron chi connectivity index (χ0n) is 13.1. The quantitative estimate of drug-likeness (QED) is 0.387. The van der Waals surface area contributed by atoms with Gasteiger partial charge in [0.1, 0.15) is 0 Å². The molecule has 0 spiro atoms. The highest BCUT2D eigenvalue weighted by atomic mass is 16.6. The lowest BCUT2D eigenvalue weighted by Crippen LogP contribution is -2.50. The predicted octanol–water partition coefficient (Wildman–Crippen LogP) is 2.13. The van der Waals surface area contributed by atoms with Crippen LogP contribution in [0.1, 0.15) is 37.7 Å². The number of benzene rings is 1. The minimum absolute atomic E-state index is 0.0974. The summed E-state index contributed by atoms with van der Waals surface area (Å²) in [6.45, 7) is 0.874. The van der Waals surface area contributed by atoms with Crippen molar-refractivity contribution >= 4 is 11.7 Å². The molecule has 0 saturated heterocycles. The van der Waals surface area contributed by atoms with Crippen molar-refractivity contribution in [1.82, 2.24) is 10.6 Å². The first-order chi connectivity index (χ1) is 11.0. The number of nitro benzene ring substituents is 1. The van der Waals surface area contributed by atoms with Crippen LogP contribution in [-0.4, -0.2) is 34.8 Å². The number of hydrogen-bond acceptors (Lipinski definition) is 4. The monoisotopic (exact) mass is 321 g/mol. The molecule has 1 fully saturated rings. The molecular formula is C16H23N3O4. The van der Waals surface area contributed by atoms with Gasteiger partial charge in [-0.05, 0) is 44.1 Å². The summed E-state index contributed by atoms with van der Waals surface area (Å²) in [4.78, 5) is 21.7. The summed E-state index contributed by atoms with van der Waals surface area (Å²) in [5.74, 6) is 0. The minimum Gasteiger partial charge on any atom is -0.388 e. The summed E-state index contributed by atoms with van der Waals surface area (Å²) in [7, 11) is 0. The standard InChI is InChI=1S/C16H23N3O4/c20-15(18-12-16(21)9-3-10-16)17-11-2-1-4-13-5-7-14(8-6-13)19(22)23/h5-8,21H,1-4,9-12H2,(H2,17,18,20). The second-order valence-corrected chi connectivity index (χ2v) is 6.07. The number of carbonyl (C=O) groups is 1. The van der Waals surface area contributed by atoms with E-state index in [1.54, 1.807) is 12.1 Å². The van der Waals surface area contributed by atoms with E-state index < -0.39 is 10.5 Å². The molecule has 1 aromatic rings. The fourth-order valence-corrected chi connectivity index (χ4v) is 2.51. The van der Waals surface area contributed by atoms with Gasteiger partial charge in [0.2, 0.25) is 0 Å². The number of nitrogens with zero attached hydrogens (tertiary/aromatic N) is 1. The second-order valence-electron chi connectivity index (χ2n) is 6.07. The van der Waals surface area contributed by atoms with Crippen LogP contribution in [0, 0.1) is 10.1 Å². The van der Waals surface area contributed by atoms with Crippen LogP contribution in [0.4, 0.5) is 10.5 Å². The normalized spacial score (nSPS) is 15.5. The van der Waals surface area contributed by atoms with Crippen LogP contribution in [0.3, 0.4) is 0 Å². The van der Waals surface area contributed by atoms with Gasteiger partial charge in [0, 0.05) is 25.2 Å². The van der Waals surface area contributed by atoms with Crippen molar-refractivity contribution in [1.29, 1.82) is 0 Å². The van der Waals surface area contributed by atoms with Crippen LogP contribution in [0.5, 0.6) is 0 Å². The summed E-state index contributed by atoms with van der Waals surface area (Å²) in [6, 6.07) is 6.29. The number of amides is 2. The summed E-state index contributed by atoms with van der Waals surface area (Å²) in [5, 5.41) is 25.9. The number of non-ortho nitro benzene ring substituents is 1. The van der Waals surface area contributed by atoms with Crippen LogP contribution in [0.15, 0.2) is 24.3 Å². The Hall–Kier alpha value is -2.15. The van der Waals surface area contributed by atoms with E-state index in [1.165, 1.54) is 12.1 Å². The highest BCUT2D eigenvalue weighted by Crippen LogP contribution is 2.30. The van der Waals surface area contributed by atoms with Gasteiger partial charge >= 0.3 is 6.03 Å². The third kappa shape index (κ3) is 5.52. The first kappa shape index (κ1) is 17.2. The Kier molecular flexibility index (Phi) is 5.92.